The van der Waals surface area contributed by atoms with Gasteiger partial charge >= 0.3 is 5.97 Å². The molecule has 0 aromatic rings. The van der Waals surface area contributed by atoms with Gasteiger partial charge in [-0.2, -0.15) is 0 Å². The second-order valence-electron chi connectivity index (χ2n) is 12.1. The van der Waals surface area contributed by atoms with E-state index in [1.165, 1.54) is 20.8 Å². The minimum atomic E-state index is -1.69. The van der Waals surface area contributed by atoms with Gasteiger partial charge in [0.25, 0.3) is 0 Å². The molecule has 13 N–H and O–H groups in total. The molecule has 19 heteroatoms. The number of carboxylic acid groups (broad SMARTS) is 1. The van der Waals surface area contributed by atoms with E-state index in [4.69, 9.17) is 5.73 Å². The van der Waals surface area contributed by atoms with Crippen molar-refractivity contribution in [1.29, 1.82) is 0 Å². The lowest BCUT2D eigenvalue weighted by molar-refractivity contribution is -0.143. The van der Waals surface area contributed by atoms with Crippen molar-refractivity contribution in [2.75, 3.05) is 13.2 Å². The van der Waals surface area contributed by atoms with Crippen molar-refractivity contribution < 1.29 is 59.1 Å². The summed E-state index contributed by atoms with van der Waals surface area (Å²) in [5.74, 6) is -7.77. The zero-order chi connectivity index (χ0) is 37.5. The molecule has 0 aromatic carbocycles. The van der Waals surface area contributed by atoms with Gasteiger partial charge in [0.1, 0.15) is 42.3 Å². The summed E-state index contributed by atoms with van der Waals surface area (Å²) in [6.07, 6.45) is -2.33. The number of hydrogen-bond donors (Lipinski definition) is 12. The van der Waals surface area contributed by atoms with Gasteiger partial charge in [0, 0.05) is 0 Å². The molecule has 0 aromatic heterocycles. The van der Waals surface area contributed by atoms with Gasteiger partial charge in [0.15, 0.2) is 0 Å². The number of nitrogens with two attached hydrogens (primary N) is 1. The quantitative estimate of drug-likeness (QED) is 0.0538. The molecule has 0 saturated heterocycles. The topological polar surface area (TPSA) is 319 Å². The molecule has 0 aliphatic heterocycles. The standard InChI is InChI=1S/C29H53N7O12/c1-8-13(4)21(27(45)34-19(11-38)29(47)48)35-24(42)17(9-12(2)3)32-28(46)22(16(7)40)36-25(43)18(10-37)33-23(41)14(5)31-26(44)20(30)15(6)39/h12-22,37-40H,8-11,30H2,1-7H3,(H,31,44)(H,32,46)(H,33,41)(H,34,45)(H,35,42)(H,36,43)(H,47,48)/t13-,14-,15+,16+,17-,18-,19-,20-,21-,22-/m0/s1. The highest BCUT2D eigenvalue weighted by Gasteiger charge is 2.35. The molecule has 0 radical (unpaired) electrons. The van der Waals surface area contributed by atoms with Gasteiger partial charge in [-0.05, 0) is 39.0 Å². The van der Waals surface area contributed by atoms with E-state index in [1.807, 2.05) is 0 Å². The molecule has 0 heterocycles. The second-order valence-corrected chi connectivity index (χ2v) is 12.1. The van der Waals surface area contributed by atoms with Crippen LogP contribution in [0.15, 0.2) is 0 Å². The average Bonchev–Trinajstić information content (AvgIpc) is 3.01. The van der Waals surface area contributed by atoms with Gasteiger partial charge in [0.2, 0.25) is 35.4 Å². The highest BCUT2D eigenvalue weighted by molar-refractivity contribution is 5.97. The molecular weight excluding hydrogens is 638 g/mol. The van der Waals surface area contributed by atoms with Crippen LogP contribution in [-0.2, 0) is 33.6 Å². The molecule has 0 aliphatic rings. The number of carbonyl (C=O) groups is 7. The Morgan fingerprint density at radius 1 is 0.583 bits per heavy atom. The fourth-order valence-electron chi connectivity index (χ4n) is 4.11. The number of amides is 6. The highest BCUT2D eigenvalue weighted by atomic mass is 16.4. The molecule has 19 nitrogen and oxygen atoms in total. The van der Waals surface area contributed by atoms with Crippen molar-refractivity contribution in [3.05, 3.63) is 0 Å². The van der Waals surface area contributed by atoms with E-state index in [0.29, 0.717) is 6.42 Å². The fraction of sp³-hybridized carbons (Fsp3) is 0.759. The molecular formula is C29H53N7O12. The summed E-state index contributed by atoms with van der Waals surface area (Å²) < 4.78 is 0. The van der Waals surface area contributed by atoms with Crippen LogP contribution in [0.5, 0.6) is 0 Å². The molecule has 0 saturated carbocycles. The zero-order valence-corrected chi connectivity index (χ0v) is 28.4. The van der Waals surface area contributed by atoms with E-state index < -0.39 is 115 Å². The summed E-state index contributed by atoms with van der Waals surface area (Å²) in [5, 5.41) is 61.8. The van der Waals surface area contributed by atoms with Crippen LogP contribution in [0.1, 0.15) is 61.3 Å². The summed E-state index contributed by atoms with van der Waals surface area (Å²) in [7, 11) is 0. The van der Waals surface area contributed by atoms with Crippen LogP contribution in [0.25, 0.3) is 0 Å². The monoisotopic (exact) mass is 691 g/mol. The average molecular weight is 692 g/mol. The third-order valence-corrected chi connectivity index (χ3v) is 7.38. The van der Waals surface area contributed by atoms with Crippen LogP contribution in [-0.4, -0.2) is 135 Å². The zero-order valence-electron chi connectivity index (χ0n) is 28.4. The number of aliphatic hydroxyl groups is 4. The van der Waals surface area contributed by atoms with E-state index in [1.54, 1.807) is 27.7 Å². The fourth-order valence-corrected chi connectivity index (χ4v) is 4.11. The van der Waals surface area contributed by atoms with Crippen molar-refractivity contribution in [1.82, 2.24) is 31.9 Å². The SMILES string of the molecule is CC[C@H](C)[C@H](NC(=O)[C@H](CC(C)C)NC(=O)[C@@H](NC(=O)[C@H](CO)NC(=O)[C@H](C)NC(=O)[C@@H](N)[C@@H](C)O)[C@@H](C)O)C(=O)N[C@@H](CO)C(=O)O. The second kappa shape index (κ2) is 21.1. The summed E-state index contributed by atoms with van der Waals surface area (Å²) in [6.45, 7) is 8.70. The van der Waals surface area contributed by atoms with E-state index in [-0.39, 0.29) is 12.3 Å². The first-order valence-electron chi connectivity index (χ1n) is 15.6. The molecule has 10 atom stereocenters. The van der Waals surface area contributed by atoms with Crippen LogP contribution in [0.2, 0.25) is 0 Å². The summed E-state index contributed by atoms with van der Waals surface area (Å²) in [4.78, 5) is 88.5. The predicted octanol–water partition coefficient (Wildman–Crippen LogP) is -4.83. The van der Waals surface area contributed by atoms with Crippen LogP contribution in [0, 0.1) is 11.8 Å². The van der Waals surface area contributed by atoms with Gasteiger partial charge in [-0.15, -0.1) is 0 Å². The number of rotatable bonds is 21. The lowest BCUT2D eigenvalue weighted by atomic mass is 9.96. The molecule has 0 spiro atoms. The summed E-state index contributed by atoms with van der Waals surface area (Å²) in [5.41, 5.74) is 5.53. The Kier molecular flexibility index (Phi) is 19.4. The highest BCUT2D eigenvalue weighted by Crippen LogP contribution is 2.12. The largest absolute Gasteiger partial charge is 0.480 e. The minimum absolute atomic E-state index is 0.0406. The van der Waals surface area contributed by atoms with Crippen molar-refractivity contribution in [3.63, 3.8) is 0 Å². The van der Waals surface area contributed by atoms with Crippen molar-refractivity contribution in [2.24, 2.45) is 17.6 Å². The number of nitrogens with one attached hydrogen (secondary N) is 6. The summed E-state index contributed by atoms with van der Waals surface area (Å²) in [6, 6.07) is -10.1. The molecule has 0 unspecified atom stereocenters. The number of carboxylic acids is 1. The van der Waals surface area contributed by atoms with Gasteiger partial charge < -0.3 is 63.2 Å². The number of aliphatic carboxylic acids is 1. The first-order chi connectivity index (χ1) is 22.2. The molecule has 276 valence electrons. The normalized spacial score (nSPS) is 17.5. The first-order valence-corrected chi connectivity index (χ1v) is 15.6. The first kappa shape index (κ1) is 44.1. The smallest absolute Gasteiger partial charge is 0.328 e. The third-order valence-electron chi connectivity index (χ3n) is 7.38. The van der Waals surface area contributed by atoms with Crippen LogP contribution in [0.3, 0.4) is 0 Å². The maximum Gasteiger partial charge on any atom is 0.328 e. The van der Waals surface area contributed by atoms with Crippen molar-refractivity contribution >= 4 is 41.4 Å². The van der Waals surface area contributed by atoms with E-state index >= 15 is 0 Å². The van der Waals surface area contributed by atoms with Crippen molar-refractivity contribution in [3.8, 4) is 0 Å². The molecule has 6 amide bonds. The van der Waals surface area contributed by atoms with Crippen LogP contribution < -0.4 is 37.6 Å². The Labute approximate surface area is 279 Å². The Bertz CT molecular complexity index is 1120. The molecule has 0 fully saturated rings. The number of hydrogen-bond acceptors (Lipinski definition) is 12. The van der Waals surface area contributed by atoms with Crippen LogP contribution in [0.4, 0.5) is 0 Å². The van der Waals surface area contributed by atoms with Crippen LogP contribution >= 0.6 is 0 Å². The van der Waals surface area contributed by atoms with E-state index in [0.717, 1.165) is 0 Å². The Balaban J connectivity index is 5.85. The van der Waals surface area contributed by atoms with Gasteiger partial charge in [0.05, 0.1) is 25.4 Å². The molecule has 0 bridgehead atoms. The Morgan fingerprint density at radius 3 is 1.48 bits per heavy atom. The Morgan fingerprint density at radius 2 is 1.04 bits per heavy atom. The Hall–Kier alpha value is -3.91. The predicted molar refractivity (Wildman–Crippen MR) is 169 cm³/mol. The van der Waals surface area contributed by atoms with Gasteiger partial charge in [-0.25, -0.2) is 4.79 Å². The third kappa shape index (κ3) is 14.5. The van der Waals surface area contributed by atoms with Crippen molar-refractivity contribution in [2.45, 2.75) is 116 Å². The lowest BCUT2D eigenvalue weighted by Gasteiger charge is -2.29. The van der Waals surface area contributed by atoms with E-state index in [2.05, 4.69) is 31.9 Å². The van der Waals surface area contributed by atoms with Gasteiger partial charge in [-0.3, -0.25) is 28.8 Å². The van der Waals surface area contributed by atoms with E-state index in [9.17, 15) is 59.1 Å². The summed E-state index contributed by atoms with van der Waals surface area (Å²) >= 11 is 0. The molecule has 0 aliphatic carbocycles. The minimum Gasteiger partial charge on any atom is -0.480 e. The number of aliphatic hydroxyl groups excluding tert-OH is 4. The number of carbonyl (C=O) groups excluding carboxylic acids is 6. The maximum absolute atomic E-state index is 13.4. The van der Waals surface area contributed by atoms with Gasteiger partial charge in [-0.1, -0.05) is 34.1 Å². The lowest BCUT2D eigenvalue weighted by Crippen LogP contribution is -2.62. The maximum atomic E-state index is 13.4. The molecule has 48 heavy (non-hydrogen) atoms. The molecule has 0 rings (SSSR count).